The third kappa shape index (κ3) is 1.66. The Morgan fingerprint density at radius 1 is 1.37 bits per heavy atom. The summed E-state index contributed by atoms with van der Waals surface area (Å²) in [5.41, 5.74) is 0.988. The van der Waals surface area contributed by atoms with Crippen molar-refractivity contribution in [3.8, 4) is 0 Å². The van der Waals surface area contributed by atoms with Crippen LogP contribution in [0.4, 0.5) is 4.79 Å². The molecular formula is C15H21N3O. The molecule has 0 bridgehead atoms. The summed E-state index contributed by atoms with van der Waals surface area (Å²) < 4.78 is 0. The quantitative estimate of drug-likeness (QED) is 0.876. The van der Waals surface area contributed by atoms with Gasteiger partial charge in [-0.2, -0.15) is 0 Å². The number of rotatable bonds is 2. The minimum Gasteiger partial charge on any atom is -0.316 e. The highest BCUT2D eigenvalue weighted by Crippen LogP contribution is 2.41. The van der Waals surface area contributed by atoms with Crippen molar-refractivity contribution < 1.29 is 4.79 Å². The summed E-state index contributed by atoms with van der Waals surface area (Å²) in [5.74, 6) is 0. The van der Waals surface area contributed by atoms with Gasteiger partial charge >= 0.3 is 6.03 Å². The number of nitrogens with one attached hydrogen (secondary N) is 1. The monoisotopic (exact) mass is 259 g/mol. The van der Waals surface area contributed by atoms with Crippen LogP contribution in [0.3, 0.4) is 0 Å². The first-order valence-electron chi connectivity index (χ1n) is 7.04. The second-order valence-electron chi connectivity index (χ2n) is 5.45. The molecule has 0 spiro atoms. The minimum absolute atomic E-state index is 0.181. The molecule has 2 aliphatic heterocycles. The van der Waals surface area contributed by atoms with Crippen LogP contribution in [0.5, 0.6) is 0 Å². The zero-order valence-electron chi connectivity index (χ0n) is 11.6. The SMILES string of the molecule is CCN1C(=O)N2CCNCC2C1(C)c1ccccc1. The minimum atomic E-state index is -0.236. The van der Waals surface area contributed by atoms with Crippen molar-refractivity contribution >= 4 is 6.03 Å². The molecule has 2 atom stereocenters. The van der Waals surface area contributed by atoms with Crippen molar-refractivity contribution in [3.05, 3.63) is 35.9 Å². The van der Waals surface area contributed by atoms with E-state index in [0.29, 0.717) is 0 Å². The molecule has 102 valence electrons. The molecule has 2 aliphatic rings. The van der Waals surface area contributed by atoms with Crippen molar-refractivity contribution in [2.24, 2.45) is 0 Å². The van der Waals surface area contributed by atoms with Gasteiger partial charge in [0.2, 0.25) is 0 Å². The summed E-state index contributed by atoms with van der Waals surface area (Å²) >= 11 is 0. The van der Waals surface area contributed by atoms with E-state index in [4.69, 9.17) is 0 Å². The lowest BCUT2D eigenvalue weighted by molar-refractivity contribution is 0.144. The van der Waals surface area contributed by atoms with Gasteiger partial charge in [0.15, 0.2) is 0 Å². The summed E-state index contributed by atoms with van der Waals surface area (Å²) in [7, 11) is 0. The summed E-state index contributed by atoms with van der Waals surface area (Å²) in [5, 5.41) is 3.43. The lowest BCUT2D eigenvalue weighted by Crippen LogP contribution is -2.55. The Labute approximate surface area is 114 Å². The molecule has 2 saturated heterocycles. The number of piperazine rings is 1. The fourth-order valence-corrected chi connectivity index (χ4v) is 3.56. The molecule has 1 aromatic rings. The molecule has 0 saturated carbocycles. The highest BCUT2D eigenvalue weighted by Gasteiger charge is 2.54. The van der Waals surface area contributed by atoms with E-state index in [1.54, 1.807) is 0 Å². The van der Waals surface area contributed by atoms with E-state index in [9.17, 15) is 4.79 Å². The first-order chi connectivity index (χ1) is 9.19. The molecule has 2 unspecified atom stereocenters. The van der Waals surface area contributed by atoms with Crippen LogP contribution in [0.15, 0.2) is 30.3 Å². The fourth-order valence-electron chi connectivity index (χ4n) is 3.56. The average molecular weight is 259 g/mol. The standard InChI is InChI=1S/C15H21N3O/c1-3-18-14(19)17-10-9-16-11-13(17)15(18,2)12-7-5-4-6-8-12/h4-8,13,16H,3,9-11H2,1-2H3. The number of carbonyl (C=O) groups excluding carboxylic acids is 1. The van der Waals surface area contributed by atoms with Crippen LogP contribution >= 0.6 is 0 Å². The average Bonchev–Trinajstić information content (AvgIpc) is 2.70. The first-order valence-corrected chi connectivity index (χ1v) is 7.04. The third-order valence-electron chi connectivity index (χ3n) is 4.60. The Morgan fingerprint density at radius 3 is 2.79 bits per heavy atom. The van der Waals surface area contributed by atoms with Gasteiger partial charge in [0.25, 0.3) is 0 Å². The maximum absolute atomic E-state index is 12.6. The number of fused-ring (bicyclic) bond motifs is 1. The van der Waals surface area contributed by atoms with E-state index in [-0.39, 0.29) is 17.6 Å². The van der Waals surface area contributed by atoms with Crippen molar-refractivity contribution in [2.75, 3.05) is 26.2 Å². The fraction of sp³-hybridized carbons (Fsp3) is 0.533. The normalized spacial score (nSPS) is 30.6. The van der Waals surface area contributed by atoms with E-state index < -0.39 is 0 Å². The number of urea groups is 1. The number of hydrogen-bond acceptors (Lipinski definition) is 2. The van der Waals surface area contributed by atoms with E-state index in [1.165, 1.54) is 5.56 Å². The van der Waals surface area contributed by atoms with Crippen molar-refractivity contribution in [1.82, 2.24) is 15.1 Å². The molecule has 2 fully saturated rings. The zero-order chi connectivity index (χ0) is 13.5. The number of nitrogens with zero attached hydrogens (tertiary/aromatic N) is 2. The van der Waals surface area contributed by atoms with Crippen molar-refractivity contribution in [2.45, 2.75) is 25.4 Å². The predicted molar refractivity (Wildman–Crippen MR) is 74.9 cm³/mol. The molecule has 2 amide bonds. The van der Waals surface area contributed by atoms with Gasteiger partial charge < -0.3 is 15.1 Å². The topological polar surface area (TPSA) is 35.6 Å². The van der Waals surface area contributed by atoms with E-state index in [2.05, 4.69) is 43.4 Å². The molecule has 0 aromatic heterocycles. The van der Waals surface area contributed by atoms with Crippen LogP contribution < -0.4 is 5.32 Å². The molecular weight excluding hydrogens is 238 g/mol. The van der Waals surface area contributed by atoms with Gasteiger partial charge in [-0.3, -0.25) is 0 Å². The Kier molecular flexibility index (Phi) is 2.97. The van der Waals surface area contributed by atoms with Gasteiger partial charge in [0.1, 0.15) is 0 Å². The van der Waals surface area contributed by atoms with Crippen molar-refractivity contribution in [1.29, 1.82) is 0 Å². The smallest absolute Gasteiger partial charge is 0.316 e. The van der Waals surface area contributed by atoms with Crippen LogP contribution in [0, 0.1) is 0 Å². The molecule has 1 N–H and O–H groups in total. The van der Waals surface area contributed by atoms with Gasteiger partial charge in [-0.25, -0.2) is 4.79 Å². The van der Waals surface area contributed by atoms with Gasteiger partial charge in [-0.1, -0.05) is 30.3 Å². The maximum atomic E-state index is 12.6. The molecule has 19 heavy (non-hydrogen) atoms. The van der Waals surface area contributed by atoms with E-state index in [1.807, 2.05) is 15.9 Å². The Bertz CT molecular complexity index is 476. The number of carbonyl (C=O) groups is 1. The lowest BCUT2D eigenvalue weighted by Gasteiger charge is -2.40. The van der Waals surface area contributed by atoms with Crippen LogP contribution in [0.25, 0.3) is 0 Å². The third-order valence-corrected chi connectivity index (χ3v) is 4.60. The number of amides is 2. The number of benzene rings is 1. The second kappa shape index (κ2) is 4.53. The summed E-state index contributed by atoms with van der Waals surface area (Å²) in [6.45, 7) is 7.57. The van der Waals surface area contributed by atoms with Gasteiger partial charge in [-0.15, -0.1) is 0 Å². The van der Waals surface area contributed by atoms with E-state index in [0.717, 1.165) is 26.2 Å². The first kappa shape index (κ1) is 12.5. The Morgan fingerprint density at radius 2 is 2.11 bits per heavy atom. The van der Waals surface area contributed by atoms with E-state index >= 15 is 0 Å². The van der Waals surface area contributed by atoms with Gasteiger partial charge in [0.05, 0.1) is 11.6 Å². The van der Waals surface area contributed by atoms with Crippen LogP contribution in [-0.4, -0.2) is 48.1 Å². The molecule has 0 radical (unpaired) electrons. The molecule has 4 nitrogen and oxygen atoms in total. The van der Waals surface area contributed by atoms with Crippen LogP contribution in [0.2, 0.25) is 0 Å². The Balaban J connectivity index is 2.08. The summed E-state index contributed by atoms with van der Waals surface area (Å²) in [6, 6.07) is 10.8. The van der Waals surface area contributed by atoms with Crippen molar-refractivity contribution in [3.63, 3.8) is 0 Å². The number of hydrogen-bond donors (Lipinski definition) is 1. The van der Waals surface area contributed by atoms with Crippen LogP contribution in [-0.2, 0) is 5.54 Å². The van der Waals surface area contributed by atoms with Gasteiger partial charge in [-0.05, 0) is 19.4 Å². The molecule has 4 heteroatoms. The lowest BCUT2D eigenvalue weighted by atomic mass is 9.83. The summed E-state index contributed by atoms with van der Waals surface area (Å²) in [6.07, 6.45) is 0. The molecule has 2 heterocycles. The number of likely N-dealkylation sites (N-methyl/N-ethyl adjacent to an activating group) is 1. The van der Waals surface area contributed by atoms with Gasteiger partial charge in [0, 0.05) is 26.2 Å². The predicted octanol–water partition coefficient (Wildman–Crippen LogP) is 1.63. The molecule has 1 aromatic carbocycles. The summed E-state index contributed by atoms with van der Waals surface area (Å²) in [4.78, 5) is 16.6. The molecule has 3 rings (SSSR count). The molecule has 0 aliphatic carbocycles. The Hall–Kier alpha value is -1.55. The highest BCUT2D eigenvalue weighted by atomic mass is 16.2. The zero-order valence-corrected chi connectivity index (χ0v) is 11.6. The second-order valence-corrected chi connectivity index (χ2v) is 5.45. The largest absolute Gasteiger partial charge is 0.321 e. The highest BCUT2D eigenvalue weighted by molar-refractivity contribution is 5.79. The van der Waals surface area contributed by atoms with Crippen LogP contribution in [0.1, 0.15) is 19.4 Å². The maximum Gasteiger partial charge on any atom is 0.321 e.